The molecule has 2 amide bonds. The SMILES string of the molecule is Cc1c(C=CC(=O)Nc2ccccc2C(=O)Nc2ccc(Cl)cn2)cnn1C. The number of aryl methyl sites for hydroxylation is 1. The zero-order valence-corrected chi connectivity index (χ0v) is 16.1. The van der Waals surface area contributed by atoms with Gasteiger partial charge in [0.25, 0.3) is 5.91 Å². The number of halogens is 1. The van der Waals surface area contributed by atoms with Crippen LogP contribution in [0.5, 0.6) is 0 Å². The number of nitrogens with zero attached hydrogens (tertiary/aromatic N) is 3. The van der Waals surface area contributed by atoms with E-state index < -0.39 is 5.91 Å². The molecule has 0 radical (unpaired) electrons. The van der Waals surface area contributed by atoms with Crippen LogP contribution in [0.4, 0.5) is 11.5 Å². The lowest BCUT2D eigenvalue weighted by atomic mass is 10.1. The number of pyridine rings is 1. The normalized spacial score (nSPS) is 10.8. The lowest BCUT2D eigenvalue weighted by Crippen LogP contribution is -2.17. The monoisotopic (exact) mass is 395 g/mol. The molecular weight excluding hydrogens is 378 g/mol. The van der Waals surface area contributed by atoms with E-state index >= 15 is 0 Å². The van der Waals surface area contributed by atoms with Gasteiger partial charge in [0.1, 0.15) is 5.82 Å². The van der Waals surface area contributed by atoms with Crippen molar-refractivity contribution in [3.8, 4) is 0 Å². The first-order valence-electron chi connectivity index (χ1n) is 8.43. The number of amides is 2. The van der Waals surface area contributed by atoms with Crippen molar-refractivity contribution in [3.05, 3.63) is 76.7 Å². The highest BCUT2D eigenvalue weighted by Crippen LogP contribution is 2.18. The average molecular weight is 396 g/mol. The molecule has 7 nitrogen and oxygen atoms in total. The van der Waals surface area contributed by atoms with Gasteiger partial charge in [-0.15, -0.1) is 0 Å². The predicted octanol–water partition coefficient (Wildman–Crippen LogP) is 3.68. The molecule has 0 saturated heterocycles. The van der Waals surface area contributed by atoms with Crippen molar-refractivity contribution in [3.63, 3.8) is 0 Å². The summed E-state index contributed by atoms with van der Waals surface area (Å²) in [7, 11) is 1.83. The van der Waals surface area contributed by atoms with Gasteiger partial charge in [0.2, 0.25) is 5.91 Å². The van der Waals surface area contributed by atoms with Crippen LogP contribution in [0.2, 0.25) is 5.02 Å². The topological polar surface area (TPSA) is 88.9 Å². The molecule has 142 valence electrons. The minimum atomic E-state index is -0.391. The molecule has 0 aliphatic heterocycles. The van der Waals surface area contributed by atoms with Crippen LogP contribution in [0.3, 0.4) is 0 Å². The van der Waals surface area contributed by atoms with E-state index in [0.717, 1.165) is 11.3 Å². The van der Waals surface area contributed by atoms with Crippen LogP contribution in [0.1, 0.15) is 21.6 Å². The van der Waals surface area contributed by atoms with Crippen LogP contribution < -0.4 is 10.6 Å². The molecule has 1 aromatic carbocycles. The summed E-state index contributed by atoms with van der Waals surface area (Å²) < 4.78 is 1.72. The number of hydrogen-bond acceptors (Lipinski definition) is 4. The van der Waals surface area contributed by atoms with E-state index in [1.54, 1.807) is 53.4 Å². The molecule has 2 aromatic heterocycles. The van der Waals surface area contributed by atoms with Crippen LogP contribution in [0, 0.1) is 6.92 Å². The number of rotatable bonds is 5. The molecule has 0 spiro atoms. The third kappa shape index (κ3) is 4.63. The Labute approximate surface area is 167 Å². The lowest BCUT2D eigenvalue weighted by molar-refractivity contribution is -0.111. The van der Waals surface area contributed by atoms with Crippen LogP contribution >= 0.6 is 11.6 Å². The quantitative estimate of drug-likeness (QED) is 0.645. The van der Waals surface area contributed by atoms with Crippen molar-refractivity contribution in [2.75, 3.05) is 10.6 Å². The molecule has 0 aliphatic carbocycles. The van der Waals surface area contributed by atoms with E-state index in [2.05, 4.69) is 20.7 Å². The second kappa shape index (κ2) is 8.49. The first-order valence-corrected chi connectivity index (χ1v) is 8.81. The number of carbonyl (C=O) groups excluding carboxylic acids is 2. The number of anilines is 2. The number of carbonyl (C=O) groups is 2. The average Bonchev–Trinajstić information content (AvgIpc) is 3.00. The summed E-state index contributed by atoms with van der Waals surface area (Å²) in [4.78, 5) is 28.9. The Morgan fingerprint density at radius 1 is 1.11 bits per heavy atom. The largest absolute Gasteiger partial charge is 0.322 e. The van der Waals surface area contributed by atoms with Gasteiger partial charge >= 0.3 is 0 Å². The second-order valence-corrected chi connectivity index (χ2v) is 6.43. The van der Waals surface area contributed by atoms with Crippen molar-refractivity contribution >= 4 is 41.0 Å². The van der Waals surface area contributed by atoms with Gasteiger partial charge in [0.15, 0.2) is 0 Å². The Hall–Kier alpha value is -3.45. The Kier molecular flexibility index (Phi) is 5.86. The molecule has 0 saturated carbocycles. The molecule has 0 unspecified atom stereocenters. The summed E-state index contributed by atoms with van der Waals surface area (Å²) in [6.45, 7) is 1.91. The summed E-state index contributed by atoms with van der Waals surface area (Å²) in [6, 6.07) is 9.96. The van der Waals surface area contributed by atoms with Gasteiger partial charge in [-0.05, 0) is 37.3 Å². The molecule has 0 atom stereocenters. The summed E-state index contributed by atoms with van der Waals surface area (Å²) >= 11 is 5.80. The molecule has 0 aliphatic rings. The van der Waals surface area contributed by atoms with Crippen LogP contribution in [-0.4, -0.2) is 26.6 Å². The molecule has 0 fully saturated rings. The number of benzene rings is 1. The number of para-hydroxylation sites is 1. The van der Waals surface area contributed by atoms with Gasteiger partial charge in [0, 0.05) is 30.6 Å². The first-order chi connectivity index (χ1) is 13.4. The van der Waals surface area contributed by atoms with Crippen molar-refractivity contribution in [1.82, 2.24) is 14.8 Å². The standard InChI is InChI=1S/C20H18ClN5O2/c1-13-14(11-23-26(13)2)7-10-19(27)24-17-6-4-3-5-16(17)20(28)25-18-9-8-15(21)12-22-18/h3-12H,1-2H3,(H,24,27)(H,22,25,28). The summed E-state index contributed by atoms with van der Waals surface area (Å²) in [5.41, 5.74) is 2.50. The molecule has 3 rings (SSSR count). The fourth-order valence-electron chi connectivity index (χ4n) is 2.44. The number of hydrogen-bond donors (Lipinski definition) is 2. The van der Waals surface area contributed by atoms with Gasteiger partial charge in [-0.25, -0.2) is 4.98 Å². The highest BCUT2D eigenvalue weighted by atomic mass is 35.5. The zero-order valence-electron chi connectivity index (χ0n) is 15.3. The third-order valence-electron chi connectivity index (χ3n) is 4.09. The van der Waals surface area contributed by atoms with Crippen molar-refractivity contribution in [1.29, 1.82) is 0 Å². The summed E-state index contributed by atoms with van der Waals surface area (Å²) in [5, 5.41) is 10.0. The summed E-state index contributed by atoms with van der Waals surface area (Å²) in [5.74, 6) is -0.381. The fraction of sp³-hybridized carbons (Fsp3) is 0.100. The highest BCUT2D eigenvalue weighted by Gasteiger charge is 2.13. The van der Waals surface area contributed by atoms with Gasteiger partial charge in [-0.1, -0.05) is 23.7 Å². The van der Waals surface area contributed by atoms with Crippen LogP contribution in [0.15, 0.2) is 54.9 Å². The van der Waals surface area contributed by atoms with E-state index in [0.29, 0.717) is 22.1 Å². The van der Waals surface area contributed by atoms with E-state index in [9.17, 15) is 9.59 Å². The molecule has 8 heteroatoms. The minimum absolute atomic E-state index is 0.318. The maximum atomic E-state index is 12.6. The fourth-order valence-corrected chi connectivity index (χ4v) is 2.55. The minimum Gasteiger partial charge on any atom is -0.322 e. The van der Waals surface area contributed by atoms with E-state index in [1.807, 2.05) is 14.0 Å². The molecular formula is C20H18ClN5O2. The Bertz CT molecular complexity index is 1040. The van der Waals surface area contributed by atoms with Gasteiger partial charge in [0.05, 0.1) is 22.5 Å². The molecule has 3 aromatic rings. The number of aromatic nitrogens is 3. The molecule has 28 heavy (non-hydrogen) atoms. The molecule has 2 heterocycles. The Balaban J connectivity index is 1.72. The Morgan fingerprint density at radius 3 is 2.57 bits per heavy atom. The predicted molar refractivity (Wildman–Crippen MR) is 109 cm³/mol. The van der Waals surface area contributed by atoms with Crippen LogP contribution in [-0.2, 0) is 11.8 Å². The lowest BCUT2D eigenvalue weighted by Gasteiger charge is -2.10. The van der Waals surface area contributed by atoms with Crippen LogP contribution in [0.25, 0.3) is 6.08 Å². The molecule has 0 bridgehead atoms. The van der Waals surface area contributed by atoms with Crippen molar-refractivity contribution < 1.29 is 9.59 Å². The zero-order chi connectivity index (χ0) is 20.1. The van der Waals surface area contributed by atoms with Crippen molar-refractivity contribution in [2.45, 2.75) is 6.92 Å². The third-order valence-corrected chi connectivity index (χ3v) is 4.31. The maximum absolute atomic E-state index is 12.6. The maximum Gasteiger partial charge on any atom is 0.258 e. The van der Waals surface area contributed by atoms with Gasteiger partial charge in [-0.3, -0.25) is 14.3 Å². The Morgan fingerprint density at radius 2 is 1.89 bits per heavy atom. The summed E-state index contributed by atoms with van der Waals surface area (Å²) in [6.07, 6.45) is 6.20. The number of nitrogens with one attached hydrogen (secondary N) is 2. The first kappa shape index (κ1) is 19.3. The smallest absolute Gasteiger partial charge is 0.258 e. The molecule has 2 N–H and O–H groups in total. The van der Waals surface area contributed by atoms with E-state index in [-0.39, 0.29) is 5.91 Å². The van der Waals surface area contributed by atoms with Crippen molar-refractivity contribution in [2.24, 2.45) is 7.05 Å². The van der Waals surface area contributed by atoms with Gasteiger partial charge < -0.3 is 10.6 Å². The van der Waals surface area contributed by atoms with E-state index in [4.69, 9.17) is 11.6 Å². The van der Waals surface area contributed by atoms with Gasteiger partial charge in [-0.2, -0.15) is 5.10 Å². The second-order valence-electron chi connectivity index (χ2n) is 5.99. The van der Waals surface area contributed by atoms with E-state index in [1.165, 1.54) is 12.3 Å². The highest BCUT2D eigenvalue weighted by molar-refractivity contribution is 6.30.